The van der Waals surface area contributed by atoms with Crippen LogP contribution in [0.4, 0.5) is 0 Å². The number of fused-ring (bicyclic) bond motifs is 1. The average Bonchev–Trinajstić information content (AvgIpc) is 2.18. The number of piperidine rings is 1. The van der Waals surface area contributed by atoms with E-state index in [1.54, 1.807) is 6.92 Å². The second kappa shape index (κ2) is 4.05. The lowest BCUT2D eigenvalue weighted by atomic mass is 9.60. The summed E-state index contributed by atoms with van der Waals surface area (Å²) in [4.78, 5) is 11.3. The molecule has 0 aromatic rings. The van der Waals surface area contributed by atoms with Gasteiger partial charge in [0, 0.05) is 0 Å². The van der Waals surface area contributed by atoms with Gasteiger partial charge in [-0.2, -0.15) is 0 Å². The van der Waals surface area contributed by atoms with Crippen LogP contribution in [-0.4, -0.2) is 26.2 Å². The summed E-state index contributed by atoms with van der Waals surface area (Å²) in [5, 5.41) is 3.33. The normalized spacial score (nSPS) is 42.9. The van der Waals surface area contributed by atoms with Crippen LogP contribution < -0.4 is 5.32 Å². The quantitative estimate of drug-likeness (QED) is 0.633. The fourth-order valence-electron chi connectivity index (χ4n) is 2.97. The molecule has 0 spiro atoms. The molecule has 2 aliphatic rings. The Bertz CT molecular complexity index is 231. The number of Topliss-reactive ketones (excluding diaryl/α,β-unsaturated/α-hetero) is 1. The zero-order valence-electron chi connectivity index (χ0n) is 8.83. The molecule has 0 aromatic heterocycles. The van der Waals surface area contributed by atoms with E-state index in [4.69, 9.17) is 7.85 Å². The summed E-state index contributed by atoms with van der Waals surface area (Å²) < 4.78 is 0. The third-order valence-electron chi connectivity index (χ3n) is 3.89. The molecule has 1 heterocycles. The monoisotopic (exact) mass is 191 g/mol. The SMILES string of the molecule is [B]C1CCC[C@@H]2CN[C@H](C(C)=O)C[C@H]12. The van der Waals surface area contributed by atoms with Gasteiger partial charge in [0.1, 0.15) is 5.78 Å². The molecule has 1 unspecified atom stereocenters. The first kappa shape index (κ1) is 10.2. The van der Waals surface area contributed by atoms with Crippen molar-refractivity contribution in [3.63, 3.8) is 0 Å². The van der Waals surface area contributed by atoms with Crippen molar-refractivity contribution in [1.82, 2.24) is 5.32 Å². The van der Waals surface area contributed by atoms with E-state index in [9.17, 15) is 4.79 Å². The van der Waals surface area contributed by atoms with Gasteiger partial charge >= 0.3 is 0 Å². The van der Waals surface area contributed by atoms with E-state index < -0.39 is 0 Å². The molecular weight excluding hydrogens is 173 g/mol. The molecule has 0 aromatic carbocycles. The van der Waals surface area contributed by atoms with Crippen molar-refractivity contribution in [3.05, 3.63) is 0 Å². The zero-order valence-corrected chi connectivity index (χ0v) is 8.83. The van der Waals surface area contributed by atoms with E-state index in [1.807, 2.05) is 0 Å². The van der Waals surface area contributed by atoms with Crippen molar-refractivity contribution in [3.8, 4) is 0 Å². The van der Waals surface area contributed by atoms with Crippen LogP contribution >= 0.6 is 0 Å². The largest absolute Gasteiger partial charge is 0.307 e. The van der Waals surface area contributed by atoms with E-state index in [-0.39, 0.29) is 11.8 Å². The minimum Gasteiger partial charge on any atom is -0.307 e. The molecule has 1 aliphatic carbocycles. The van der Waals surface area contributed by atoms with E-state index in [1.165, 1.54) is 12.8 Å². The minimum absolute atomic E-state index is 0.0698. The standard InChI is InChI=1S/C11H18BNO/c1-7(14)11-5-9-8(6-13-11)3-2-4-10(9)12/h8-11,13H,2-6H2,1H3/t8-,9+,10?,11+/m1/s1. The van der Waals surface area contributed by atoms with Crippen LogP contribution in [-0.2, 0) is 4.79 Å². The van der Waals surface area contributed by atoms with Crippen LogP contribution in [0.3, 0.4) is 0 Å². The fourth-order valence-corrected chi connectivity index (χ4v) is 2.97. The summed E-state index contributed by atoms with van der Waals surface area (Å²) in [6, 6.07) is 0.0698. The third-order valence-corrected chi connectivity index (χ3v) is 3.89. The van der Waals surface area contributed by atoms with Crippen molar-refractivity contribution in [2.75, 3.05) is 6.54 Å². The Balaban J connectivity index is 2.01. The maximum atomic E-state index is 11.3. The highest BCUT2D eigenvalue weighted by Gasteiger charge is 2.36. The van der Waals surface area contributed by atoms with Crippen LogP contribution in [0.15, 0.2) is 0 Å². The number of hydrogen-bond acceptors (Lipinski definition) is 2. The third kappa shape index (κ3) is 1.88. The highest BCUT2D eigenvalue weighted by Crippen LogP contribution is 2.41. The molecule has 2 nitrogen and oxygen atoms in total. The van der Waals surface area contributed by atoms with Gasteiger partial charge in [-0.15, -0.1) is 0 Å². The molecule has 2 fully saturated rings. The molecule has 14 heavy (non-hydrogen) atoms. The maximum absolute atomic E-state index is 11.3. The van der Waals surface area contributed by atoms with Gasteiger partial charge in [0.25, 0.3) is 0 Å². The van der Waals surface area contributed by atoms with Gasteiger partial charge in [-0.05, 0) is 38.1 Å². The summed E-state index contributed by atoms with van der Waals surface area (Å²) in [6.07, 6.45) is 4.65. The Hall–Kier alpha value is -0.305. The van der Waals surface area contributed by atoms with Crippen LogP contribution in [0, 0.1) is 11.8 Å². The first-order chi connectivity index (χ1) is 6.68. The van der Waals surface area contributed by atoms with E-state index in [0.717, 1.165) is 19.4 Å². The van der Waals surface area contributed by atoms with Gasteiger partial charge in [0.2, 0.25) is 0 Å². The summed E-state index contributed by atoms with van der Waals surface area (Å²) >= 11 is 0. The Morgan fingerprint density at radius 2 is 2.21 bits per heavy atom. The van der Waals surface area contributed by atoms with Crippen molar-refractivity contribution in [2.24, 2.45) is 11.8 Å². The van der Waals surface area contributed by atoms with Gasteiger partial charge in [0.05, 0.1) is 13.9 Å². The average molecular weight is 191 g/mol. The molecule has 4 atom stereocenters. The molecule has 76 valence electrons. The van der Waals surface area contributed by atoms with Crippen LogP contribution in [0.25, 0.3) is 0 Å². The lowest BCUT2D eigenvalue weighted by molar-refractivity contribution is -0.120. The van der Waals surface area contributed by atoms with Crippen LogP contribution in [0.2, 0.25) is 5.82 Å². The smallest absolute Gasteiger partial charge is 0.146 e. The minimum atomic E-state index is 0.0698. The van der Waals surface area contributed by atoms with Gasteiger partial charge in [-0.1, -0.05) is 18.7 Å². The molecule has 1 aliphatic heterocycles. The topological polar surface area (TPSA) is 29.1 Å². The fraction of sp³-hybridized carbons (Fsp3) is 0.909. The lowest BCUT2D eigenvalue weighted by Crippen LogP contribution is -2.49. The molecule has 1 saturated carbocycles. The molecule has 0 amide bonds. The number of rotatable bonds is 1. The Morgan fingerprint density at radius 3 is 2.93 bits per heavy atom. The van der Waals surface area contributed by atoms with Crippen LogP contribution in [0.1, 0.15) is 32.6 Å². The summed E-state index contributed by atoms with van der Waals surface area (Å²) in [6.45, 7) is 2.66. The Morgan fingerprint density at radius 1 is 1.43 bits per heavy atom. The Kier molecular flexibility index (Phi) is 2.96. The Labute approximate surface area is 87.2 Å². The first-order valence-corrected chi connectivity index (χ1v) is 5.68. The molecule has 0 bridgehead atoms. The number of carbonyl (C=O) groups is 1. The first-order valence-electron chi connectivity index (χ1n) is 5.68. The van der Waals surface area contributed by atoms with Gasteiger partial charge in [-0.25, -0.2) is 0 Å². The highest BCUT2D eigenvalue weighted by atomic mass is 16.1. The van der Waals surface area contributed by atoms with Crippen LogP contribution in [0.5, 0.6) is 0 Å². The number of hydrogen-bond donors (Lipinski definition) is 1. The molecule has 1 N–H and O–H groups in total. The second-order valence-corrected chi connectivity index (χ2v) is 4.83. The summed E-state index contributed by atoms with van der Waals surface area (Å²) in [5.41, 5.74) is 0. The molecule has 2 rings (SSSR count). The van der Waals surface area contributed by atoms with Crippen molar-refractivity contribution in [1.29, 1.82) is 0 Å². The summed E-state index contributed by atoms with van der Waals surface area (Å²) in [7, 11) is 6.11. The molecule has 3 heteroatoms. The molecule has 1 saturated heterocycles. The van der Waals surface area contributed by atoms with Crippen molar-refractivity contribution in [2.45, 2.75) is 44.5 Å². The zero-order chi connectivity index (χ0) is 10.1. The van der Waals surface area contributed by atoms with Crippen molar-refractivity contribution < 1.29 is 4.79 Å². The number of ketones is 1. The maximum Gasteiger partial charge on any atom is 0.146 e. The lowest BCUT2D eigenvalue weighted by Gasteiger charge is -2.43. The highest BCUT2D eigenvalue weighted by molar-refractivity contribution is 6.11. The predicted octanol–water partition coefficient (Wildman–Crippen LogP) is 1.31. The van der Waals surface area contributed by atoms with Gasteiger partial charge in [0.15, 0.2) is 0 Å². The molecular formula is C11H18BNO. The summed E-state index contributed by atoms with van der Waals surface area (Å²) in [5.74, 6) is 1.90. The van der Waals surface area contributed by atoms with Gasteiger partial charge in [-0.3, -0.25) is 4.79 Å². The predicted molar refractivity (Wildman–Crippen MR) is 57.4 cm³/mol. The van der Waals surface area contributed by atoms with E-state index in [2.05, 4.69) is 5.32 Å². The van der Waals surface area contributed by atoms with E-state index in [0.29, 0.717) is 17.7 Å². The van der Waals surface area contributed by atoms with Gasteiger partial charge < -0.3 is 5.32 Å². The second-order valence-electron chi connectivity index (χ2n) is 4.83. The number of carbonyl (C=O) groups excluding carboxylic acids is 1. The van der Waals surface area contributed by atoms with Crippen molar-refractivity contribution >= 4 is 13.6 Å². The molecule has 2 radical (unpaired) electrons. The van der Waals surface area contributed by atoms with E-state index >= 15 is 0 Å². The number of nitrogens with one attached hydrogen (secondary N) is 1.